The van der Waals surface area contributed by atoms with E-state index in [2.05, 4.69) is 16.5 Å². The number of imidazole rings is 1. The van der Waals surface area contributed by atoms with Gasteiger partial charge >= 0.3 is 0 Å². The van der Waals surface area contributed by atoms with Crippen molar-refractivity contribution >= 4 is 23.3 Å². The lowest BCUT2D eigenvalue weighted by molar-refractivity contribution is 0.235. The van der Waals surface area contributed by atoms with Crippen molar-refractivity contribution in [3.63, 3.8) is 0 Å². The number of nitrogens with zero attached hydrogens (tertiary/aromatic N) is 1. The number of aromatic amines is 1. The lowest BCUT2D eigenvalue weighted by Gasteiger charge is -2.32. The number of fused-ring (bicyclic) bond motifs is 1. The molecule has 2 atom stereocenters. The van der Waals surface area contributed by atoms with Gasteiger partial charge in [-0.15, -0.1) is 0 Å². The van der Waals surface area contributed by atoms with E-state index in [1.54, 1.807) is 6.07 Å². The summed E-state index contributed by atoms with van der Waals surface area (Å²) >= 11 is 5.43. The summed E-state index contributed by atoms with van der Waals surface area (Å²) in [5.74, 6) is 0.439. The molecular weight excluding hydrogens is 259 g/mol. The highest BCUT2D eigenvalue weighted by Gasteiger charge is 2.27. The van der Waals surface area contributed by atoms with E-state index in [1.807, 2.05) is 6.07 Å². The van der Waals surface area contributed by atoms with Crippen LogP contribution in [0.15, 0.2) is 18.2 Å². The molecule has 1 heterocycles. The first-order chi connectivity index (χ1) is 9.22. The molecule has 0 amide bonds. The molecule has 1 aliphatic carbocycles. The molecule has 0 saturated heterocycles. The van der Waals surface area contributed by atoms with Gasteiger partial charge in [-0.25, -0.2) is 4.39 Å². The average molecular weight is 278 g/mol. The number of aromatic nitrogens is 2. The number of H-pyrrole nitrogens is 1. The molecule has 1 saturated carbocycles. The molecule has 1 aromatic carbocycles. The standard InChI is InChI=1S/C15H19FN2S/c1-2-10-6-3-4-8-12(10)18-13-9-5-7-11(16)14(13)17-15(18)19/h5,7,9-10,12H,2-4,6,8H2,1H3,(H,17,19). The highest BCUT2D eigenvalue weighted by Crippen LogP contribution is 2.38. The Labute approximate surface area is 117 Å². The predicted molar refractivity (Wildman–Crippen MR) is 78.4 cm³/mol. The van der Waals surface area contributed by atoms with Gasteiger partial charge in [-0.2, -0.15) is 0 Å². The van der Waals surface area contributed by atoms with Crippen molar-refractivity contribution in [2.45, 2.75) is 45.1 Å². The molecule has 2 nitrogen and oxygen atoms in total. The van der Waals surface area contributed by atoms with Crippen molar-refractivity contribution in [3.05, 3.63) is 28.8 Å². The van der Waals surface area contributed by atoms with E-state index in [9.17, 15) is 4.39 Å². The van der Waals surface area contributed by atoms with Crippen LogP contribution >= 0.6 is 12.2 Å². The maximum Gasteiger partial charge on any atom is 0.178 e. The van der Waals surface area contributed by atoms with Crippen LogP contribution in [-0.4, -0.2) is 9.55 Å². The molecule has 3 rings (SSSR count). The summed E-state index contributed by atoms with van der Waals surface area (Å²) in [6.45, 7) is 2.24. The van der Waals surface area contributed by atoms with E-state index in [-0.39, 0.29) is 5.82 Å². The van der Waals surface area contributed by atoms with E-state index in [1.165, 1.54) is 25.3 Å². The highest BCUT2D eigenvalue weighted by atomic mass is 32.1. The summed E-state index contributed by atoms with van der Waals surface area (Å²) < 4.78 is 16.6. The molecule has 19 heavy (non-hydrogen) atoms. The Bertz CT molecular complexity index is 643. The molecule has 1 aliphatic rings. The van der Waals surface area contributed by atoms with Gasteiger partial charge in [-0.1, -0.05) is 32.3 Å². The van der Waals surface area contributed by atoms with Crippen molar-refractivity contribution in [3.8, 4) is 0 Å². The first-order valence-corrected chi connectivity index (χ1v) is 7.52. The second-order valence-corrected chi connectivity index (χ2v) is 5.84. The molecule has 0 spiro atoms. The summed E-state index contributed by atoms with van der Waals surface area (Å²) in [6.07, 6.45) is 6.11. The van der Waals surface area contributed by atoms with Crippen molar-refractivity contribution in [1.82, 2.24) is 9.55 Å². The Morgan fingerprint density at radius 2 is 2.16 bits per heavy atom. The SMILES string of the molecule is CCC1CCCCC1n1c(=S)[nH]c2c(F)cccc21. The van der Waals surface area contributed by atoms with Crippen LogP contribution in [-0.2, 0) is 0 Å². The molecule has 4 heteroatoms. The summed E-state index contributed by atoms with van der Waals surface area (Å²) in [7, 11) is 0. The Morgan fingerprint density at radius 3 is 2.95 bits per heavy atom. The number of hydrogen-bond acceptors (Lipinski definition) is 1. The third-order valence-corrected chi connectivity index (χ3v) is 4.73. The van der Waals surface area contributed by atoms with E-state index >= 15 is 0 Å². The largest absolute Gasteiger partial charge is 0.328 e. The number of halogens is 1. The third-order valence-electron chi connectivity index (χ3n) is 4.43. The topological polar surface area (TPSA) is 20.7 Å². The van der Waals surface area contributed by atoms with Gasteiger partial charge in [0, 0.05) is 6.04 Å². The fraction of sp³-hybridized carbons (Fsp3) is 0.533. The second-order valence-electron chi connectivity index (χ2n) is 5.45. The van der Waals surface area contributed by atoms with Crippen LogP contribution in [0.5, 0.6) is 0 Å². The average Bonchev–Trinajstić information content (AvgIpc) is 2.76. The molecule has 2 aromatic rings. The summed E-state index contributed by atoms with van der Waals surface area (Å²) in [6, 6.07) is 5.63. The minimum absolute atomic E-state index is 0.216. The van der Waals surface area contributed by atoms with Crippen molar-refractivity contribution in [1.29, 1.82) is 0 Å². The van der Waals surface area contributed by atoms with Crippen LogP contribution in [0, 0.1) is 16.5 Å². The summed E-state index contributed by atoms with van der Waals surface area (Å²) in [5, 5.41) is 0. The van der Waals surface area contributed by atoms with Crippen LogP contribution in [0.1, 0.15) is 45.1 Å². The molecule has 0 aliphatic heterocycles. The fourth-order valence-corrected chi connectivity index (χ4v) is 3.78. The number of benzene rings is 1. The summed E-state index contributed by atoms with van der Waals surface area (Å²) in [5.41, 5.74) is 1.46. The van der Waals surface area contributed by atoms with E-state index in [0.717, 1.165) is 18.4 Å². The quantitative estimate of drug-likeness (QED) is 0.768. The number of rotatable bonds is 2. The van der Waals surface area contributed by atoms with Crippen LogP contribution in [0.4, 0.5) is 4.39 Å². The summed E-state index contributed by atoms with van der Waals surface area (Å²) in [4.78, 5) is 3.04. The van der Waals surface area contributed by atoms with Gasteiger partial charge in [0.1, 0.15) is 11.3 Å². The molecule has 0 radical (unpaired) electrons. The minimum Gasteiger partial charge on any atom is -0.328 e. The maximum atomic E-state index is 13.8. The zero-order valence-electron chi connectivity index (χ0n) is 11.2. The molecule has 1 N–H and O–H groups in total. The van der Waals surface area contributed by atoms with Gasteiger partial charge in [0.05, 0.1) is 5.52 Å². The molecular formula is C15H19FN2S. The third kappa shape index (κ3) is 2.12. The van der Waals surface area contributed by atoms with Gasteiger partial charge in [-0.3, -0.25) is 0 Å². The van der Waals surface area contributed by atoms with Gasteiger partial charge in [-0.05, 0) is 43.1 Å². The molecule has 1 fully saturated rings. The predicted octanol–water partition coefficient (Wildman–Crippen LogP) is 4.98. The van der Waals surface area contributed by atoms with E-state index < -0.39 is 0 Å². The van der Waals surface area contributed by atoms with Crippen LogP contribution in [0.2, 0.25) is 0 Å². The van der Waals surface area contributed by atoms with Gasteiger partial charge in [0.2, 0.25) is 0 Å². The van der Waals surface area contributed by atoms with Crippen LogP contribution in [0.3, 0.4) is 0 Å². The maximum absolute atomic E-state index is 13.8. The van der Waals surface area contributed by atoms with Gasteiger partial charge in [0.15, 0.2) is 4.77 Å². The highest BCUT2D eigenvalue weighted by molar-refractivity contribution is 7.71. The number of hydrogen-bond donors (Lipinski definition) is 1. The monoisotopic (exact) mass is 278 g/mol. The first kappa shape index (κ1) is 12.9. The number of para-hydroxylation sites is 1. The lowest BCUT2D eigenvalue weighted by Crippen LogP contribution is -2.22. The van der Waals surface area contributed by atoms with Crippen molar-refractivity contribution in [2.24, 2.45) is 5.92 Å². The molecule has 1 aromatic heterocycles. The molecule has 102 valence electrons. The normalized spacial score (nSPS) is 23.9. The van der Waals surface area contributed by atoms with Crippen LogP contribution < -0.4 is 0 Å². The molecule has 2 unspecified atom stereocenters. The Kier molecular flexibility index (Phi) is 3.44. The fourth-order valence-electron chi connectivity index (χ4n) is 3.45. The van der Waals surface area contributed by atoms with Gasteiger partial charge in [0.25, 0.3) is 0 Å². The van der Waals surface area contributed by atoms with E-state index in [0.29, 0.717) is 22.2 Å². The van der Waals surface area contributed by atoms with Crippen molar-refractivity contribution in [2.75, 3.05) is 0 Å². The Balaban J connectivity index is 2.16. The first-order valence-electron chi connectivity index (χ1n) is 7.11. The lowest BCUT2D eigenvalue weighted by atomic mass is 9.82. The Hall–Kier alpha value is -1.16. The second kappa shape index (κ2) is 5.08. The zero-order valence-corrected chi connectivity index (χ0v) is 12.0. The Morgan fingerprint density at radius 1 is 1.37 bits per heavy atom. The smallest absolute Gasteiger partial charge is 0.178 e. The van der Waals surface area contributed by atoms with E-state index in [4.69, 9.17) is 12.2 Å². The zero-order chi connectivity index (χ0) is 13.4. The number of nitrogens with one attached hydrogen (secondary N) is 1. The minimum atomic E-state index is -0.216. The van der Waals surface area contributed by atoms with Gasteiger partial charge < -0.3 is 9.55 Å². The van der Waals surface area contributed by atoms with Crippen molar-refractivity contribution < 1.29 is 4.39 Å². The molecule has 0 bridgehead atoms. The van der Waals surface area contributed by atoms with Crippen LogP contribution in [0.25, 0.3) is 11.0 Å².